The fourth-order valence-corrected chi connectivity index (χ4v) is 5.06. The summed E-state index contributed by atoms with van der Waals surface area (Å²) in [5.74, 6) is 0.316. The van der Waals surface area contributed by atoms with Crippen LogP contribution in [0.25, 0.3) is 22.2 Å². The Morgan fingerprint density at radius 1 is 1.19 bits per heavy atom. The number of aromatic amines is 1. The molecular weight excluding hydrogens is 513 g/mol. The second-order valence-corrected chi connectivity index (χ2v) is 9.39. The Morgan fingerprint density at radius 2 is 1.95 bits per heavy atom. The number of hydrogen-bond acceptors (Lipinski definition) is 6. The number of pyridine rings is 1. The van der Waals surface area contributed by atoms with Crippen LogP contribution in [0.4, 0.5) is 11.4 Å². The van der Waals surface area contributed by atoms with Crippen LogP contribution >= 0.6 is 23.2 Å². The van der Waals surface area contributed by atoms with Gasteiger partial charge in [-0.05, 0) is 49.4 Å². The molecule has 8 nitrogen and oxygen atoms in total. The van der Waals surface area contributed by atoms with Crippen LogP contribution in [0.1, 0.15) is 18.6 Å². The average Bonchev–Trinajstić information content (AvgIpc) is 3.32. The molecule has 1 saturated heterocycles. The zero-order valence-electron chi connectivity index (χ0n) is 20.1. The van der Waals surface area contributed by atoms with E-state index in [0.29, 0.717) is 46.0 Å². The molecule has 37 heavy (non-hydrogen) atoms. The van der Waals surface area contributed by atoms with Gasteiger partial charge in [0.05, 0.1) is 34.5 Å². The van der Waals surface area contributed by atoms with Gasteiger partial charge in [-0.2, -0.15) is 5.10 Å². The highest BCUT2D eigenvalue weighted by atomic mass is 35.5. The lowest BCUT2D eigenvalue weighted by atomic mass is 10.0. The van der Waals surface area contributed by atoms with Crippen molar-refractivity contribution < 1.29 is 14.3 Å². The Balaban J connectivity index is 1.54. The third-order valence-electron chi connectivity index (χ3n) is 6.22. The maximum atomic E-state index is 12.2. The van der Waals surface area contributed by atoms with Gasteiger partial charge in [-0.25, -0.2) is 0 Å². The van der Waals surface area contributed by atoms with Crippen molar-refractivity contribution in [2.75, 3.05) is 36.5 Å². The summed E-state index contributed by atoms with van der Waals surface area (Å²) >= 11 is 12.7. The van der Waals surface area contributed by atoms with Crippen LogP contribution in [0.5, 0.6) is 5.75 Å². The van der Waals surface area contributed by atoms with Gasteiger partial charge in [0.1, 0.15) is 17.5 Å². The highest BCUT2D eigenvalue weighted by Gasteiger charge is 2.20. The van der Waals surface area contributed by atoms with Gasteiger partial charge in [0, 0.05) is 47.7 Å². The van der Waals surface area contributed by atoms with E-state index in [1.165, 1.54) is 6.08 Å². The van der Waals surface area contributed by atoms with Gasteiger partial charge in [0.15, 0.2) is 0 Å². The zero-order valence-corrected chi connectivity index (χ0v) is 21.6. The third kappa shape index (κ3) is 5.27. The van der Waals surface area contributed by atoms with Crippen molar-refractivity contribution in [1.29, 1.82) is 0 Å². The lowest BCUT2D eigenvalue weighted by Gasteiger charge is -2.29. The number of halogens is 2. The second kappa shape index (κ2) is 10.8. The van der Waals surface area contributed by atoms with Crippen LogP contribution in [0, 0.1) is 0 Å². The summed E-state index contributed by atoms with van der Waals surface area (Å²) in [7, 11) is 0. The maximum Gasteiger partial charge on any atom is 0.247 e. The van der Waals surface area contributed by atoms with Gasteiger partial charge in [-0.1, -0.05) is 29.8 Å². The number of carbonyl (C=O) groups is 1. The first-order valence-corrected chi connectivity index (χ1v) is 12.5. The van der Waals surface area contributed by atoms with E-state index in [-0.39, 0.29) is 5.91 Å². The monoisotopic (exact) mass is 537 g/mol. The van der Waals surface area contributed by atoms with E-state index in [4.69, 9.17) is 32.7 Å². The highest BCUT2D eigenvalue weighted by molar-refractivity contribution is 6.35. The molecule has 10 heteroatoms. The van der Waals surface area contributed by atoms with Crippen LogP contribution in [0.3, 0.4) is 0 Å². The van der Waals surface area contributed by atoms with Crippen molar-refractivity contribution in [3.8, 4) is 17.0 Å². The number of hydrogen-bond donors (Lipinski definition) is 2. The molecule has 1 amide bonds. The first-order chi connectivity index (χ1) is 17.9. The predicted octanol–water partition coefficient (Wildman–Crippen LogP) is 6.03. The van der Waals surface area contributed by atoms with Crippen molar-refractivity contribution in [1.82, 2.24) is 15.2 Å². The van der Waals surface area contributed by atoms with Gasteiger partial charge in [-0.3, -0.25) is 14.9 Å². The van der Waals surface area contributed by atoms with Crippen LogP contribution in [0.15, 0.2) is 61.4 Å². The fourth-order valence-electron chi connectivity index (χ4n) is 4.38. The SMILES string of the molecule is C=CC(=O)Nc1ccc(N2CCOCC2)cc1-c1n[nH]c2ccc(O[C@H](C)c3c(Cl)cncc3Cl)cc12. The molecule has 0 spiro atoms. The summed E-state index contributed by atoms with van der Waals surface area (Å²) in [5, 5.41) is 12.3. The summed E-state index contributed by atoms with van der Waals surface area (Å²) in [6, 6.07) is 11.6. The molecule has 2 aromatic carbocycles. The topological polar surface area (TPSA) is 92.4 Å². The first kappa shape index (κ1) is 25.1. The molecular formula is C27H25Cl2N5O3. The molecule has 0 unspecified atom stereocenters. The molecule has 1 fully saturated rings. The van der Waals surface area contributed by atoms with Gasteiger partial charge >= 0.3 is 0 Å². The Bertz CT molecular complexity index is 1450. The van der Waals surface area contributed by atoms with Gasteiger partial charge in [-0.15, -0.1) is 0 Å². The van der Waals surface area contributed by atoms with Gasteiger partial charge < -0.3 is 19.7 Å². The molecule has 3 heterocycles. The summed E-state index contributed by atoms with van der Waals surface area (Å²) in [6.45, 7) is 8.36. The smallest absolute Gasteiger partial charge is 0.247 e. The fraction of sp³-hybridized carbons (Fsp3) is 0.222. The molecule has 190 valence electrons. The lowest BCUT2D eigenvalue weighted by molar-refractivity contribution is -0.111. The zero-order chi connectivity index (χ0) is 25.9. The summed E-state index contributed by atoms with van der Waals surface area (Å²) < 4.78 is 11.7. The number of fused-ring (bicyclic) bond motifs is 1. The number of benzene rings is 2. The predicted molar refractivity (Wildman–Crippen MR) is 147 cm³/mol. The minimum Gasteiger partial charge on any atom is -0.486 e. The Labute approximate surface area is 224 Å². The number of morpholine rings is 1. The molecule has 0 saturated carbocycles. The molecule has 4 aromatic rings. The number of ether oxygens (including phenoxy) is 2. The second-order valence-electron chi connectivity index (χ2n) is 8.58. The highest BCUT2D eigenvalue weighted by Crippen LogP contribution is 2.38. The minimum absolute atomic E-state index is 0.302. The number of nitrogens with one attached hydrogen (secondary N) is 2. The van der Waals surface area contributed by atoms with E-state index in [9.17, 15) is 4.79 Å². The molecule has 0 radical (unpaired) electrons. The summed E-state index contributed by atoms with van der Waals surface area (Å²) in [5.41, 5.74) is 4.60. The van der Waals surface area contributed by atoms with E-state index >= 15 is 0 Å². The molecule has 2 aromatic heterocycles. The van der Waals surface area contributed by atoms with Crippen LogP contribution < -0.4 is 15.0 Å². The standard InChI is InChI=1S/C27H25Cl2N5O3/c1-3-25(35)31-23-6-4-17(34-8-10-36-11-9-34)12-19(23)27-20-13-18(5-7-24(20)32-33-27)37-16(2)26-21(28)14-30-15-22(26)29/h3-7,12-16H,1,8-11H2,2H3,(H,31,35)(H,32,33)/t16-/m1/s1. The van der Waals surface area contributed by atoms with Crippen molar-refractivity contribution in [3.05, 3.63) is 77.1 Å². The Kier molecular flexibility index (Phi) is 7.32. The van der Waals surface area contributed by atoms with E-state index in [1.54, 1.807) is 12.4 Å². The van der Waals surface area contributed by atoms with Crippen molar-refractivity contribution in [3.63, 3.8) is 0 Å². The minimum atomic E-state index is -0.414. The summed E-state index contributed by atoms with van der Waals surface area (Å²) in [6.07, 6.45) is 3.91. The van der Waals surface area contributed by atoms with Crippen molar-refractivity contribution in [2.45, 2.75) is 13.0 Å². The van der Waals surface area contributed by atoms with E-state index in [2.05, 4.69) is 32.0 Å². The van der Waals surface area contributed by atoms with E-state index in [1.807, 2.05) is 43.3 Å². The normalized spacial score (nSPS) is 14.4. The van der Waals surface area contributed by atoms with Crippen molar-refractivity contribution in [2.24, 2.45) is 0 Å². The molecule has 2 N–H and O–H groups in total. The molecule has 1 aliphatic heterocycles. The Morgan fingerprint density at radius 3 is 2.68 bits per heavy atom. The van der Waals surface area contributed by atoms with E-state index in [0.717, 1.165) is 35.2 Å². The number of rotatable bonds is 7. The molecule has 1 aliphatic rings. The lowest BCUT2D eigenvalue weighted by Crippen LogP contribution is -2.36. The molecule has 0 aliphatic carbocycles. The third-order valence-corrected chi connectivity index (χ3v) is 6.82. The van der Waals surface area contributed by atoms with E-state index < -0.39 is 6.10 Å². The molecule has 5 rings (SSSR count). The average molecular weight is 538 g/mol. The number of amides is 1. The molecule has 1 atom stereocenters. The number of H-pyrrole nitrogens is 1. The summed E-state index contributed by atoms with van der Waals surface area (Å²) in [4.78, 5) is 18.4. The van der Waals surface area contributed by atoms with Crippen LogP contribution in [-0.4, -0.2) is 47.4 Å². The number of anilines is 2. The number of carbonyl (C=O) groups excluding carboxylic acids is 1. The quantitative estimate of drug-likeness (QED) is 0.279. The Hall–Kier alpha value is -3.59. The largest absolute Gasteiger partial charge is 0.486 e. The van der Waals surface area contributed by atoms with Crippen LogP contribution in [0.2, 0.25) is 10.0 Å². The van der Waals surface area contributed by atoms with Crippen LogP contribution in [-0.2, 0) is 9.53 Å². The first-order valence-electron chi connectivity index (χ1n) is 11.8. The van der Waals surface area contributed by atoms with Gasteiger partial charge in [0.2, 0.25) is 5.91 Å². The van der Waals surface area contributed by atoms with Gasteiger partial charge in [0.25, 0.3) is 0 Å². The molecule has 0 bridgehead atoms. The number of nitrogens with zero attached hydrogens (tertiary/aromatic N) is 3. The van der Waals surface area contributed by atoms with Crippen molar-refractivity contribution >= 4 is 51.4 Å². The number of aromatic nitrogens is 3. The maximum absolute atomic E-state index is 12.2.